The van der Waals surface area contributed by atoms with Crippen molar-refractivity contribution in [2.24, 2.45) is 0 Å². The van der Waals surface area contributed by atoms with E-state index in [4.69, 9.17) is 5.11 Å². The van der Waals surface area contributed by atoms with Crippen molar-refractivity contribution in [1.29, 1.82) is 0 Å². The third-order valence-corrected chi connectivity index (χ3v) is 4.40. The predicted octanol–water partition coefficient (Wildman–Crippen LogP) is 0.867. The van der Waals surface area contributed by atoms with E-state index in [9.17, 15) is 18.0 Å². The Balaban J connectivity index is 2.18. The van der Waals surface area contributed by atoms with Crippen molar-refractivity contribution in [2.75, 3.05) is 12.3 Å². The van der Waals surface area contributed by atoms with E-state index >= 15 is 0 Å². The fourth-order valence-electron chi connectivity index (χ4n) is 1.84. The maximum Gasteiger partial charge on any atom is 0.303 e. The molecular formula is C15H22N2O5S. The highest BCUT2D eigenvalue weighted by molar-refractivity contribution is 7.89. The predicted molar refractivity (Wildman–Crippen MR) is 86.2 cm³/mol. The molecule has 0 aromatic heterocycles. The highest BCUT2D eigenvalue weighted by atomic mass is 32.2. The van der Waals surface area contributed by atoms with E-state index in [0.717, 1.165) is 5.56 Å². The smallest absolute Gasteiger partial charge is 0.303 e. The number of carboxylic acids is 1. The van der Waals surface area contributed by atoms with Crippen LogP contribution in [-0.2, 0) is 26.2 Å². The molecule has 8 heteroatoms. The van der Waals surface area contributed by atoms with Gasteiger partial charge < -0.3 is 10.4 Å². The lowest BCUT2D eigenvalue weighted by atomic mass is 10.2. The molecule has 0 aliphatic rings. The van der Waals surface area contributed by atoms with Crippen LogP contribution in [0.4, 0.5) is 0 Å². The van der Waals surface area contributed by atoms with Gasteiger partial charge in [0.05, 0.1) is 5.75 Å². The van der Waals surface area contributed by atoms with Gasteiger partial charge in [0.25, 0.3) is 0 Å². The van der Waals surface area contributed by atoms with Crippen LogP contribution in [0, 0.1) is 0 Å². The summed E-state index contributed by atoms with van der Waals surface area (Å²) < 4.78 is 26.1. The van der Waals surface area contributed by atoms with Gasteiger partial charge in [-0.1, -0.05) is 30.3 Å². The van der Waals surface area contributed by atoms with Gasteiger partial charge in [-0.25, -0.2) is 13.1 Å². The largest absolute Gasteiger partial charge is 0.481 e. The summed E-state index contributed by atoms with van der Waals surface area (Å²) in [6, 6.07) is 9.15. The molecule has 1 aromatic rings. The van der Waals surface area contributed by atoms with E-state index in [-0.39, 0.29) is 37.6 Å². The molecule has 1 aromatic carbocycles. The summed E-state index contributed by atoms with van der Waals surface area (Å²) in [5.41, 5.74) is 0.860. The van der Waals surface area contributed by atoms with Gasteiger partial charge in [0.2, 0.25) is 15.9 Å². The van der Waals surface area contributed by atoms with Crippen LogP contribution in [0.2, 0.25) is 0 Å². The van der Waals surface area contributed by atoms with Gasteiger partial charge in [-0.2, -0.15) is 0 Å². The molecule has 23 heavy (non-hydrogen) atoms. The van der Waals surface area contributed by atoms with Crippen molar-refractivity contribution in [3.8, 4) is 0 Å². The molecule has 0 saturated carbocycles. The number of benzene rings is 1. The topological polar surface area (TPSA) is 113 Å². The summed E-state index contributed by atoms with van der Waals surface area (Å²) in [4.78, 5) is 21.8. The van der Waals surface area contributed by atoms with E-state index in [1.807, 2.05) is 30.3 Å². The molecule has 0 saturated heterocycles. The van der Waals surface area contributed by atoms with Gasteiger partial charge in [0.15, 0.2) is 0 Å². The number of rotatable bonds is 11. The molecule has 3 N–H and O–H groups in total. The van der Waals surface area contributed by atoms with Crippen LogP contribution in [0.25, 0.3) is 0 Å². The molecule has 128 valence electrons. The third kappa shape index (κ3) is 9.64. The summed E-state index contributed by atoms with van der Waals surface area (Å²) in [5, 5.41) is 11.0. The average Bonchev–Trinajstić information content (AvgIpc) is 2.50. The van der Waals surface area contributed by atoms with Gasteiger partial charge in [-0.05, 0) is 18.4 Å². The Morgan fingerprint density at radius 1 is 1.04 bits per heavy atom. The van der Waals surface area contributed by atoms with E-state index < -0.39 is 16.0 Å². The molecule has 0 atom stereocenters. The number of carbonyl (C=O) groups excluding carboxylic acids is 1. The zero-order chi connectivity index (χ0) is 17.1. The number of carboxylic acid groups (broad SMARTS) is 1. The minimum atomic E-state index is -3.45. The van der Waals surface area contributed by atoms with Crippen LogP contribution < -0.4 is 10.0 Å². The van der Waals surface area contributed by atoms with Gasteiger partial charge in [0, 0.05) is 25.9 Å². The van der Waals surface area contributed by atoms with Crippen molar-refractivity contribution in [3.05, 3.63) is 35.9 Å². The second kappa shape index (κ2) is 9.96. The number of sulfonamides is 1. The molecule has 0 aliphatic heterocycles. The van der Waals surface area contributed by atoms with E-state index in [0.29, 0.717) is 12.8 Å². The molecule has 0 aliphatic carbocycles. The first-order valence-electron chi connectivity index (χ1n) is 7.39. The quantitative estimate of drug-likeness (QED) is 0.517. The van der Waals surface area contributed by atoms with E-state index in [1.54, 1.807) is 0 Å². The minimum absolute atomic E-state index is 0.0296. The van der Waals surface area contributed by atoms with Crippen LogP contribution in [0.1, 0.15) is 31.2 Å². The van der Waals surface area contributed by atoms with E-state index in [2.05, 4.69) is 10.0 Å². The summed E-state index contributed by atoms with van der Waals surface area (Å²) in [5.74, 6) is -1.35. The number of hydrogen-bond donors (Lipinski definition) is 3. The van der Waals surface area contributed by atoms with Gasteiger partial charge in [-0.3, -0.25) is 9.59 Å². The molecule has 0 bridgehead atoms. The number of unbranched alkanes of at least 4 members (excludes halogenated alkanes) is 1. The van der Waals surface area contributed by atoms with Crippen molar-refractivity contribution >= 4 is 21.9 Å². The second-order valence-electron chi connectivity index (χ2n) is 5.08. The monoisotopic (exact) mass is 342 g/mol. The zero-order valence-corrected chi connectivity index (χ0v) is 13.6. The van der Waals surface area contributed by atoms with Crippen molar-refractivity contribution in [3.63, 3.8) is 0 Å². The van der Waals surface area contributed by atoms with Crippen LogP contribution >= 0.6 is 0 Å². The molecule has 0 unspecified atom stereocenters. The second-order valence-corrected chi connectivity index (χ2v) is 7.00. The molecule has 0 spiro atoms. The lowest BCUT2D eigenvalue weighted by Gasteiger charge is -2.08. The lowest BCUT2D eigenvalue weighted by Crippen LogP contribution is -2.34. The van der Waals surface area contributed by atoms with Gasteiger partial charge in [0.1, 0.15) is 0 Å². The first kappa shape index (κ1) is 19.1. The van der Waals surface area contributed by atoms with Crippen LogP contribution in [0.15, 0.2) is 30.3 Å². The summed E-state index contributed by atoms with van der Waals surface area (Å²) in [6.07, 6.45) is 1.13. The average molecular weight is 342 g/mol. The molecule has 0 radical (unpaired) electrons. The molecule has 0 heterocycles. The standard InChI is InChI=1S/C15H22N2O5S/c18-14(8-4-5-9-15(19)20)16-10-11-23(21,22)17-12-13-6-2-1-3-7-13/h1-3,6-7,17H,4-5,8-12H2,(H,16,18)(H,19,20). The Morgan fingerprint density at radius 2 is 1.70 bits per heavy atom. The number of amides is 1. The Hall–Kier alpha value is -1.93. The fourth-order valence-corrected chi connectivity index (χ4v) is 2.74. The first-order valence-corrected chi connectivity index (χ1v) is 9.04. The SMILES string of the molecule is O=C(O)CCCCC(=O)NCCS(=O)(=O)NCc1ccccc1. The number of carbonyl (C=O) groups is 2. The molecule has 1 amide bonds. The minimum Gasteiger partial charge on any atom is -0.481 e. The molecular weight excluding hydrogens is 320 g/mol. The molecule has 0 fully saturated rings. The zero-order valence-electron chi connectivity index (χ0n) is 12.8. The van der Waals surface area contributed by atoms with Crippen molar-refractivity contribution < 1.29 is 23.1 Å². The van der Waals surface area contributed by atoms with Crippen LogP contribution in [-0.4, -0.2) is 37.7 Å². The Bertz CT molecular complexity index is 602. The first-order chi connectivity index (χ1) is 10.9. The summed E-state index contributed by atoms with van der Waals surface area (Å²) in [7, 11) is -3.45. The maximum atomic E-state index is 11.8. The molecule has 7 nitrogen and oxygen atoms in total. The Kier molecular flexibility index (Phi) is 8.28. The van der Waals surface area contributed by atoms with Crippen molar-refractivity contribution in [1.82, 2.24) is 10.0 Å². The summed E-state index contributed by atoms with van der Waals surface area (Å²) >= 11 is 0. The van der Waals surface area contributed by atoms with Gasteiger partial charge >= 0.3 is 5.97 Å². The Labute approximate surface area is 136 Å². The number of nitrogens with one attached hydrogen (secondary N) is 2. The maximum absolute atomic E-state index is 11.8. The normalized spacial score (nSPS) is 11.1. The highest BCUT2D eigenvalue weighted by Gasteiger charge is 2.10. The highest BCUT2D eigenvalue weighted by Crippen LogP contribution is 2.00. The van der Waals surface area contributed by atoms with Crippen LogP contribution in [0.3, 0.4) is 0 Å². The van der Waals surface area contributed by atoms with Gasteiger partial charge in [-0.15, -0.1) is 0 Å². The third-order valence-electron chi connectivity index (χ3n) is 3.08. The number of aliphatic carboxylic acids is 1. The fraction of sp³-hybridized carbons (Fsp3) is 0.467. The van der Waals surface area contributed by atoms with E-state index in [1.165, 1.54) is 0 Å². The lowest BCUT2D eigenvalue weighted by molar-refractivity contribution is -0.137. The van der Waals surface area contributed by atoms with Crippen LogP contribution in [0.5, 0.6) is 0 Å². The summed E-state index contributed by atoms with van der Waals surface area (Å²) in [6.45, 7) is 0.244. The molecule has 1 rings (SSSR count). The number of hydrogen-bond acceptors (Lipinski definition) is 4. The Morgan fingerprint density at radius 3 is 2.35 bits per heavy atom. The van der Waals surface area contributed by atoms with Crippen molar-refractivity contribution in [2.45, 2.75) is 32.2 Å².